The number of benzene rings is 1. The fraction of sp³-hybridized carbons (Fsp3) is 0.263. The van der Waals surface area contributed by atoms with Crippen molar-refractivity contribution in [2.24, 2.45) is 0 Å². The van der Waals surface area contributed by atoms with Crippen LogP contribution >= 0.6 is 22.7 Å². The minimum absolute atomic E-state index is 0.0617. The van der Waals surface area contributed by atoms with Crippen molar-refractivity contribution in [1.82, 2.24) is 10.3 Å². The predicted octanol–water partition coefficient (Wildman–Crippen LogP) is 4.37. The molecule has 0 saturated carbocycles. The number of thiazole rings is 1. The number of rotatable bonds is 7. The minimum Gasteiger partial charge on any atom is -0.486 e. The molecule has 1 N–H and O–H groups in total. The van der Waals surface area contributed by atoms with E-state index in [0.29, 0.717) is 18.0 Å². The smallest absolute Gasteiger partial charge is 0.263 e. The summed E-state index contributed by atoms with van der Waals surface area (Å²) in [5.74, 6) is 0.753. The van der Waals surface area contributed by atoms with E-state index in [1.54, 1.807) is 11.3 Å². The summed E-state index contributed by atoms with van der Waals surface area (Å²) in [6.45, 7) is 4.89. The molecule has 1 amide bonds. The van der Waals surface area contributed by atoms with Gasteiger partial charge in [0.15, 0.2) is 0 Å². The van der Waals surface area contributed by atoms with E-state index in [9.17, 15) is 4.79 Å². The molecule has 6 heteroatoms. The van der Waals surface area contributed by atoms with E-state index in [0.717, 1.165) is 28.4 Å². The topological polar surface area (TPSA) is 51.2 Å². The van der Waals surface area contributed by atoms with Crippen LogP contribution in [0.5, 0.6) is 5.75 Å². The number of aromatic nitrogens is 1. The molecular formula is C19H20N2O2S2. The maximum atomic E-state index is 12.3. The van der Waals surface area contributed by atoms with Crippen molar-refractivity contribution in [3.63, 3.8) is 0 Å². The second-order valence-corrected chi connectivity index (χ2v) is 7.83. The monoisotopic (exact) mass is 372 g/mol. The summed E-state index contributed by atoms with van der Waals surface area (Å²) in [6, 6.07) is 12.0. The molecule has 1 aromatic carbocycles. The lowest BCUT2D eigenvalue weighted by atomic mass is 10.2. The summed E-state index contributed by atoms with van der Waals surface area (Å²) < 4.78 is 5.77. The van der Waals surface area contributed by atoms with Gasteiger partial charge in [0.25, 0.3) is 5.91 Å². The minimum atomic E-state index is -0.0617. The van der Waals surface area contributed by atoms with Crippen molar-refractivity contribution in [1.29, 1.82) is 0 Å². The zero-order chi connectivity index (χ0) is 17.6. The third kappa shape index (κ3) is 4.90. The van der Waals surface area contributed by atoms with Crippen molar-refractivity contribution < 1.29 is 9.53 Å². The summed E-state index contributed by atoms with van der Waals surface area (Å²) >= 11 is 3.10. The summed E-state index contributed by atoms with van der Waals surface area (Å²) in [5.41, 5.74) is 1.90. The average molecular weight is 373 g/mol. The zero-order valence-corrected chi connectivity index (χ0v) is 15.9. The van der Waals surface area contributed by atoms with Crippen molar-refractivity contribution in [3.05, 3.63) is 67.8 Å². The fourth-order valence-corrected chi connectivity index (χ4v) is 4.01. The van der Waals surface area contributed by atoms with Crippen LogP contribution < -0.4 is 10.1 Å². The SMILES string of the molecule is Cc1cccc(OCc2nc(C)c(C(=O)NCCc3cccs3)s2)c1. The molecule has 0 aliphatic rings. The Morgan fingerprint density at radius 3 is 2.88 bits per heavy atom. The summed E-state index contributed by atoms with van der Waals surface area (Å²) in [5, 5.41) is 5.82. The standard InChI is InChI=1S/C19H20N2O2S2/c1-13-5-3-6-15(11-13)23-12-17-21-14(2)18(25-17)19(22)20-9-8-16-7-4-10-24-16/h3-7,10-11H,8-9,12H2,1-2H3,(H,20,22). The van der Waals surface area contributed by atoms with E-state index in [1.165, 1.54) is 16.2 Å². The van der Waals surface area contributed by atoms with Crippen LogP contribution in [0.25, 0.3) is 0 Å². The van der Waals surface area contributed by atoms with Crippen LogP contribution in [-0.2, 0) is 13.0 Å². The maximum absolute atomic E-state index is 12.3. The highest BCUT2D eigenvalue weighted by Crippen LogP contribution is 2.21. The molecule has 0 fully saturated rings. The molecule has 0 aliphatic heterocycles. The number of hydrogen-bond donors (Lipinski definition) is 1. The van der Waals surface area contributed by atoms with Gasteiger partial charge in [-0.3, -0.25) is 4.79 Å². The number of carbonyl (C=O) groups excluding carboxylic acids is 1. The molecular weight excluding hydrogens is 352 g/mol. The highest BCUT2D eigenvalue weighted by atomic mass is 32.1. The van der Waals surface area contributed by atoms with Crippen LogP contribution in [0.4, 0.5) is 0 Å². The van der Waals surface area contributed by atoms with Gasteiger partial charge in [0.1, 0.15) is 22.2 Å². The molecule has 0 spiro atoms. The number of ether oxygens (including phenoxy) is 1. The maximum Gasteiger partial charge on any atom is 0.263 e. The van der Waals surface area contributed by atoms with Crippen molar-refractivity contribution in [2.45, 2.75) is 26.9 Å². The number of nitrogens with one attached hydrogen (secondary N) is 1. The summed E-state index contributed by atoms with van der Waals surface area (Å²) in [7, 11) is 0. The summed E-state index contributed by atoms with van der Waals surface area (Å²) in [6.07, 6.45) is 0.852. The average Bonchev–Trinajstić information content (AvgIpc) is 3.22. The third-order valence-electron chi connectivity index (χ3n) is 3.64. The molecule has 0 atom stereocenters. The predicted molar refractivity (Wildman–Crippen MR) is 103 cm³/mol. The third-order valence-corrected chi connectivity index (χ3v) is 5.70. The number of hydrogen-bond acceptors (Lipinski definition) is 5. The number of amides is 1. The van der Waals surface area contributed by atoms with Crippen LogP contribution in [0.3, 0.4) is 0 Å². The van der Waals surface area contributed by atoms with Crippen LogP contribution in [0.15, 0.2) is 41.8 Å². The van der Waals surface area contributed by atoms with Crippen molar-refractivity contribution in [3.8, 4) is 5.75 Å². The van der Waals surface area contributed by atoms with Gasteiger partial charge in [0.2, 0.25) is 0 Å². The van der Waals surface area contributed by atoms with E-state index in [2.05, 4.69) is 16.4 Å². The van der Waals surface area contributed by atoms with Gasteiger partial charge in [-0.15, -0.1) is 22.7 Å². The molecule has 0 radical (unpaired) electrons. The molecule has 4 nitrogen and oxygen atoms in total. The van der Waals surface area contributed by atoms with Crippen molar-refractivity contribution in [2.75, 3.05) is 6.54 Å². The highest BCUT2D eigenvalue weighted by molar-refractivity contribution is 7.13. The Morgan fingerprint density at radius 1 is 1.24 bits per heavy atom. The lowest BCUT2D eigenvalue weighted by Gasteiger charge is -2.04. The molecule has 2 heterocycles. The van der Waals surface area contributed by atoms with Gasteiger partial charge >= 0.3 is 0 Å². The van der Waals surface area contributed by atoms with Crippen LogP contribution in [0.2, 0.25) is 0 Å². The Balaban J connectivity index is 1.54. The second kappa shape index (κ2) is 8.27. The van der Waals surface area contributed by atoms with Gasteiger partial charge in [-0.2, -0.15) is 0 Å². The normalized spacial score (nSPS) is 10.6. The van der Waals surface area contributed by atoms with Gasteiger partial charge < -0.3 is 10.1 Å². The Bertz CT molecular complexity index is 841. The van der Waals surface area contributed by atoms with Gasteiger partial charge in [-0.05, 0) is 49.4 Å². The summed E-state index contributed by atoms with van der Waals surface area (Å²) in [4.78, 5) is 18.7. The van der Waals surface area contributed by atoms with E-state index >= 15 is 0 Å². The quantitative estimate of drug-likeness (QED) is 0.670. The first-order valence-electron chi connectivity index (χ1n) is 8.08. The van der Waals surface area contributed by atoms with E-state index in [1.807, 2.05) is 49.6 Å². The van der Waals surface area contributed by atoms with E-state index < -0.39 is 0 Å². The van der Waals surface area contributed by atoms with Gasteiger partial charge in [-0.25, -0.2) is 4.98 Å². The van der Waals surface area contributed by atoms with Gasteiger partial charge in [0, 0.05) is 11.4 Å². The van der Waals surface area contributed by atoms with E-state index in [-0.39, 0.29) is 5.91 Å². The number of carbonyl (C=O) groups is 1. The molecule has 25 heavy (non-hydrogen) atoms. The van der Waals surface area contributed by atoms with Crippen LogP contribution in [-0.4, -0.2) is 17.4 Å². The Labute approximate surface area is 155 Å². The van der Waals surface area contributed by atoms with Crippen LogP contribution in [0.1, 0.15) is 30.8 Å². The molecule has 0 unspecified atom stereocenters. The number of nitrogens with zero attached hydrogens (tertiary/aromatic N) is 1. The second-order valence-electron chi connectivity index (χ2n) is 5.71. The van der Waals surface area contributed by atoms with Crippen LogP contribution in [0, 0.1) is 13.8 Å². The lowest BCUT2D eigenvalue weighted by molar-refractivity contribution is 0.0957. The Hall–Kier alpha value is -2.18. The molecule has 3 rings (SSSR count). The number of thiophene rings is 1. The first kappa shape index (κ1) is 17.6. The zero-order valence-electron chi connectivity index (χ0n) is 14.2. The van der Waals surface area contributed by atoms with Gasteiger partial charge in [0.05, 0.1) is 5.69 Å². The Kier molecular flexibility index (Phi) is 5.83. The molecule has 0 bridgehead atoms. The Morgan fingerprint density at radius 2 is 2.12 bits per heavy atom. The molecule has 0 saturated heterocycles. The number of aryl methyl sites for hydroxylation is 2. The lowest BCUT2D eigenvalue weighted by Crippen LogP contribution is -2.25. The van der Waals surface area contributed by atoms with Crippen molar-refractivity contribution >= 4 is 28.6 Å². The molecule has 0 aliphatic carbocycles. The van der Waals surface area contributed by atoms with E-state index in [4.69, 9.17) is 4.74 Å². The molecule has 130 valence electrons. The fourth-order valence-electron chi connectivity index (χ4n) is 2.41. The first-order chi connectivity index (χ1) is 12.1. The highest BCUT2D eigenvalue weighted by Gasteiger charge is 2.15. The molecule has 3 aromatic rings. The molecule has 2 aromatic heterocycles. The largest absolute Gasteiger partial charge is 0.486 e. The van der Waals surface area contributed by atoms with Gasteiger partial charge in [-0.1, -0.05) is 18.2 Å². The first-order valence-corrected chi connectivity index (χ1v) is 9.78.